The van der Waals surface area contributed by atoms with E-state index in [1.165, 1.54) is 22.8 Å². The number of hydrogen-bond donors (Lipinski definition) is 1. The van der Waals surface area contributed by atoms with Crippen LogP contribution in [-0.2, 0) is 14.8 Å². The van der Waals surface area contributed by atoms with Crippen molar-refractivity contribution in [1.29, 1.82) is 0 Å². The molecule has 0 bridgehead atoms. The molecule has 10 heteroatoms. The van der Waals surface area contributed by atoms with Crippen molar-refractivity contribution in [2.24, 2.45) is 5.92 Å². The van der Waals surface area contributed by atoms with Gasteiger partial charge in [0.2, 0.25) is 10.0 Å². The van der Waals surface area contributed by atoms with Crippen molar-refractivity contribution in [2.75, 3.05) is 26.7 Å². The molecular formula is C25H27N3O5S2. The van der Waals surface area contributed by atoms with Crippen molar-refractivity contribution in [3.05, 3.63) is 70.7 Å². The third-order valence-corrected chi connectivity index (χ3v) is 9.02. The summed E-state index contributed by atoms with van der Waals surface area (Å²) in [6.45, 7) is 3.28. The van der Waals surface area contributed by atoms with Gasteiger partial charge in [-0.05, 0) is 49.9 Å². The van der Waals surface area contributed by atoms with Gasteiger partial charge in [-0.25, -0.2) is 18.2 Å². The molecule has 2 aromatic carbocycles. The maximum absolute atomic E-state index is 12.9. The zero-order valence-corrected chi connectivity index (χ0v) is 21.2. The number of aromatic nitrogens is 1. The first kappa shape index (κ1) is 25.0. The van der Waals surface area contributed by atoms with Gasteiger partial charge in [-0.2, -0.15) is 4.31 Å². The Morgan fingerprint density at radius 2 is 1.74 bits per heavy atom. The molecule has 4 rings (SSSR count). The zero-order chi connectivity index (χ0) is 25.0. The van der Waals surface area contributed by atoms with E-state index < -0.39 is 16.0 Å². The summed E-state index contributed by atoms with van der Waals surface area (Å²) in [6.07, 6.45) is 2.91. The highest BCUT2D eigenvalue weighted by atomic mass is 32.2. The molecule has 0 unspecified atom stereocenters. The van der Waals surface area contributed by atoms with Gasteiger partial charge in [0.05, 0.1) is 23.8 Å². The van der Waals surface area contributed by atoms with E-state index in [4.69, 9.17) is 4.74 Å². The standard InChI is InChI=1S/C25H27N3O5S2/c1-17-3-9-21(10-4-17)35(31,32)28-13-11-18(12-14-28)15-26-23(29)22-16-27-24(34-22)19-5-7-20(8-6-19)25(30)33-2/h3-10,16,18H,11-15H2,1-2H3,(H,26,29). The number of carbonyl (C=O) groups excluding carboxylic acids is 2. The van der Waals surface area contributed by atoms with E-state index in [0.717, 1.165) is 11.1 Å². The van der Waals surface area contributed by atoms with Gasteiger partial charge in [-0.3, -0.25) is 4.79 Å². The maximum atomic E-state index is 12.9. The molecule has 1 amide bonds. The molecule has 1 saturated heterocycles. The number of piperidine rings is 1. The van der Waals surface area contributed by atoms with E-state index in [1.807, 2.05) is 6.92 Å². The molecule has 0 radical (unpaired) electrons. The number of carbonyl (C=O) groups is 2. The summed E-state index contributed by atoms with van der Waals surface area (Å²) in [5.41, 5.74) is 2.27. The quantitative estimate of drug-likeness (QED) is 0.483. The van der Waals surface area contributed by atoms with Crippen LogP contribution in [0.25, 0.3) is 10.6 Å². The lowest BCUT2D eigenvalue weighted by molar-refractivity contribution is 0.0600. The van der Waals surface area contributed by atoms with Crippen molar-refractivity contribution in [2.45, 2.75) is 24.7 Å². The highest BCUT2D eigenvalue weighted by Crippen LogP contribution is 2.27. The number of hydrogen-bond acceptors (Lipinski definition) is 7. The van der Waals surface area contributed by atoms with Crippen molar-refractivity contribution < 1.29 is 22.7 Å². The van der Waals surface area contributed by atoms with Crippen LogP contribution in [0.3, 0.4) is 0 Å². The molecule has 1 aliphatic rings. The number of sulfonamides is 1. The summed E-state index contributed by atoms with van der Waals surface area (Å²) in [4.78, 5) is 29.4. The zero-order valence-electron chi connectivity index (χ0n) is 19.6. The second kappa shape index (κ2) is 10.7. The lowest BCUT2D eigenvalue weighted by Gasteiger charge is -2.31. The Morgan fingerprint density at radius 1 is 1.09 bits per heavy atom. The predicted octanol–water partition coefficient (Wildman–Crippen LogP) is 3.74. The van der Waals surface area contributed by atoms with E-state index >= 15 is 0 Å². The fourth-order valence-corrected chi connectivity index (χ4v) is 6.22. The van der Waals surface area contributed by atoms with Crippen molar-refractivity contribution in [3.8, 4) is 10.6 Å². The molecule has 1 N–H and O–H groups in total. The van der Waals surface area contributed by atoms with Crippen molar-refractivity contribution in [1.82, 2.24) is 14.6 Å². The van der Waals surface area contributed by atoms with Gasteiger partial charge in [0.1, 0.15) is 9.88 Å². The Labute approximate surface area is 209 Å². The molecule has 35 heavy (non-hydrogen) atoms. The normalized spacial score (nSPS) is 15.0. The predicted molar refractivity (Wildman–Crippen MR) is 134 cm³/mol. The van der Waals surface area contributed by atoms with E-state index in [9.17, 15) is 18.0 Å². The number of benzene rings is 2. The number of methoxy groups -OCH3 is 1. The molecule has 3 aromatic rings. The number of amides is 1. The molecule has 1 aliphatic heterocycles. The fraction of sp³-hybridized carbons (Fsp3) is 0.320. The fourth-order valence-electron chi connectivity index (χ4n) is 3.92. The first-order valence-corrected chi connectivity index (χ1v) is 13.5. The van der Waals surface area contributed by atoms with Gasteiger partial charge in [0, 0.05) is 25.2 Å². The van der Waals surface area contributed by atoms with Gasteiger partial charge >= 0.3 is 5.97 Å². The van der Waals surface area contributed by atoms with Crippen LogP contribution in [-0.4, -0.2) is 56.3 Å². The molecular weight excluding hydrogens is 486 g/mol. The lowest BCUT2D eigenvalue weighted by atomic mass is 9.98. The molecule has 1 fully saturated rings. The Morgan fingerprint density at radius 3 is 2.37 bits per heavy atom. The number of nitrogens with zero attached hydrogens (tertiary/aromatic N) is 2. The van der Waals surface area contributed by atoms with Crippen LogP contribution in [0.4, 0.5) is 0 Å². The number of aryl methyl sites for hydroxylation is 1. The van der Waals surface area contributed by atoms with Crippen LogP contribution in [0, 0.1) is 12.8 Å². The molecule has 1 aromatic heterocycles. The van der Waals surface area contributed by atoms with Gasteiger partial charge in [-0.15, -0.1) is 11.3 Å². The second-order valence-electron chi connectivity index (χ2n) is 8.47. The van der Waals surface area contributed by atoms with Gasteiger partial charge in [0.25, 0.3) is 5.91 Å². The van der Waals surface area contributed by atoms with Crippen LogP contribution in [0.1, 0.15) is 38.4 Å². The number of rotatable bonds is 7. The first-order chi connectivity index (χ1) is 16.8. The molecule has 0 aliphatic carbocycles. The third-order valence-electron chi connectivity index (χ3n) is 6.07. The number of thiazole rings is 1. The van der Waals surface area contributed by atoms with Crippen molar-refractivity contribution >= 4 is 33.2 Å². The summed E-state index contributed by atoms with van der Waals surface area (Å²) in [5, 5.41) is 3.64. The Balaban J connectivity index is 1.29. The first-order valence-electron chi connectivity index (χ1n) is 11.3. The third kappa shape index (κ3) is 5.77. The van der Waals surface area contributed by atoms with Gasteiger partial charge in [-0.1, -0.05) is 29.8 Å². The minimum Gasteiger partial charge on any atom is -0.465 e. The molecule has 0 atom stereocenters. The lowest BCUT2D eigenvalue weighted by Crippen LogP contribution is -2.41. The van der Waals surface area contributed by atoms with E-state index in [2.05, 4.69) is 10.3 Å². The molecule has 2 heterocycles. The smallest absolute Gasteiger partial charge is 0.337 e. The topological polar surface area (TPSA) is 106 Å². The Bertz CT molecular complexity index is 1290. The Kier molecular flexibility index (Phi) is 7.63. The maximum Gasteiger partial charge on any atom is 0.337 e. The summed E-state index contributed by atoms with van der Waals surface area (Å²) in [6, 6.07) is 13.8. The molecule has 8 nitrogen and oxygen atoms in total. The molecule has 184 valence electrons. The van der Waals surface area contributed by atoms with Crippen molar-refractivity contribution in [3.63, 3.8) is 0 Å². The van der Waals surface area contributed by atoms with E-state index in [1.54, 1.807) is 54.7 Å². The minimum atomic E-state index is -3.50. The number of ether oxygens (including phenoxy) is 1. The van der Waals surface area contributed by atoms with Crippen LogP contribution < -0.4 is 5.32 Å². The molecule has 0 spiro atoms. The number of nitrogens with one attached hydrogen (secondary N) is 1. The summed E-state index contributed by atoms with van der Waals surface area (Å²) < 4.78 is 32.0. The molecule has 0 saturated carbocycles. The van der Waals surface area contributed by atoms with Gasteiger partial charge < -0.3 is 10.1 Å². The van der Waals surface area contributed by atoms with Crippen LogP contribution in [0.2, 0.25) is 0 Å². The summed E-state index contributed by atoms with van der Waals surface area (Å²) in [7, 11) is -2.16. The largest absolute Gasteiger partial charge is 0.465 e. The van der Waals surface area contributed by atoms with E-state index in [0.29, 0.717) is 52.8 Å². The number of esters is 1. The summed E-state index contributed by atoms with van der Waals surface area (Å²) >= 11 is 1.28. The highest BCUT2D eigenvalue weighted by molar-refractivity contribution is 7.89. The summed E-state index contributed by atoms with van der Waals surface area (Å²) in [5.74, 6) is -0.398. The van der Waals surface area contributed by atoms with Crippen LogP contribution in [0.5, 0.6) is 0 Å². The van der Waals surface area contributed by atoms with E-state index in [-0.39, 0.29) is 11.8 Å². The second-order valence-corrected chi connectivity index (χ2v) is 11.4. The average Bonchev–Trinajstić information content (AvgIpc) is 3.38. The average molecular weight is 514 g/mol. The minimum absolute atomic E-state index is 0.199. The highest BCUT2D eigenvalue weighted by Gasteiger charge is 2.29. The Hall–Kier alpha value is -3.08. The van der Waals surface area contributed by atoms with Crippen LogP contribution >= 0.6 is 11.3 Å². The SMILES string of the molecule is COC(=O)c1ccc(-c2ncc(C(=O)NCC3CCN(S(=O)(=O)c4ccc(C)cc4)CC3)s2)cc1. The monoisotopic (exact) mass is 513 g/mol. The van der Waals surface area contributed by atoms with Gasteiger partial charge in [0.15, 0.2) is 0 Å². The van der Waals surface area contributed by atoms with Crippen LogP contribution in [0.15, 0.2) is 59.6 Å².